The lowest BCUT2D eigenvalue weighted by Crippen LogP contribution is -2.74. The number of hydrogen-bond acceptors (Lipinski definition) is 12. The van der Waals surface area contributed by atoms with E-state index in [-0.39, 0.29) is 31.1 Å². The van der Waals surface area contributed by atoms with E-state index in [2.05, 4.69) is 10.2 Å². The lowest BCUT2D eigenvalue weighted by molar-refractivity contribution is -0.175. The number of piperidine rings is 1. The van der Waals surface area contributed by atoms with E-state index in [4.69, 9.17) is 28.4 Å². The van der Waals surface area contributed by atoms with Crippen molar-refractivity contribution in [3.05, 3.63) is 35.1 Å². The zero-order valence-electron chi connectivity index (χ0n) is 29.3. The fourth-order valence-corrected chi connectivity index (χ4v) is 7.42. The molecule has 13 heteroatoms. The molecule has 1 aromatic rings. The van der Waals surface area contributed by atoms with E-state index >= 15 is 0 Å². The summed E-state index contributed by atoms with van der Waals surface area (Å²) in [4.78, 5) is 53.6. The van der Waals surface area contributed by atoms with Crippen LogP contribution in [0, 0.1) is 0 Å². The monoisotopic (exact) mass is 672 g/mol. The number of esters is 3. The lowest BCUT2D eigenvalue weighted by atomic mass is 9.50. The van der Waals surface area contributed by atoms with Crippen LogP contribution in [-0.4, -0.2) is 95.8 Å². The van der Waals surface area contributed by atoms with Crippen LogP contribution in [0.25, 0.3) is 0 Å². The van der Waals surface area contributed by atoms with E-state index in [0.717, 1.165) is 11.1 Å². The maximum Gasteiger partial charge on any atom is 0.408 e. The minimum absolute atomic E-state index is 0.158. The van der Waals surface area contributed by atoms with Crippen LogP contribution in [0.4, 0.5) is 4.79 Å². The standard InChI is InChI=1S/C35H48N2O11/c1-19(44-25(38)13-11-21(30(40)47-32(2,3)4)36-31(41)48-33(5,6)7)29(39)45-23-14-15-35(42)24-18-20-10-12-22(43-9)27-26(20)34(35,28(23)46-27)16-17-37(24)8/h10,12,14,19,21,24,28,42H,11,13,15-18H2,1-9H3,(H,36,41)/t19-,21-,24-,28-,34-,35+/m0/s1. The molecule has 4 aliphatic rings. The first-order valence-electron chi connectivity index (χ1n) is 16.4. The van der Waals surface area contributed by atoms with E-state index in [9.17, 15) is 24.3 Å². The van der Waals surface area contributed by atoms with E-state index in [1.54, 1.807) is 54.7 Å². The van der Waals surface area contributed by atoms with Gasteiger partial charge in [-0.1, -0.05) is 6.07 Å². The second kappa shape index (κ2) is 12.6. The van der Waals surface area contributed by atoms with Crippen LogP contribution in [0.3, 0.4) is 0 Å². The first-order chi connectivity index (χ1) is 22.3. The number of rotatable bonds is 9. The summed E-state index contributed by atoms with van der Waals surface area (Å²) in [5, 5.41) is 14.8. The van der Waals surface area contributed by atoms with Gasteiger partial charge in [0.15, 0.2) is 23.7 Å². The number of ether oxygens (including phenoxy) is 6. The first-order valence-corrected chi connectivity index (χ1v) is 16.4. The van der Waals surface area contributed by atoms with Crippen LogP contribution in [0.5, 0.6) is 11.5 Å². The fourth-order valence-electron chi connectivity index (χ4n) is 7.42. The summed E-state index contributed by atoms with van der Waals surface area (Å²) in [6.45, 7) is 12.2. The molecule has 2 heterocycles. The molecule has 5 rings (SSSR count). The highest BCUT2D eigenvalue weighted by Crippen LogP contribution is 2.65. The fraction of sp³-hybridized carbons (Fsp3) is 0.657. The number of likely N-dealkylation sites (N-methyl/N-ethyl adjacent to an activating group) is 1. The molecular formula is C35H48N2O11. The molecule has 48 heavy (non-hydrogen) atoms. The molecule has 2 aliphatic carbocycles. The van der Waals surface area contributed by atoms with Crippen molar-refractivity contribution in [2.75, 3.05) is 20.7 Å². The maximum atomic E-state index is 13.3. The molecule has 0 radical (unpaired) electrons. The maximum absolute atomic E-state index is 13.3. The Kier molecular flexibility index (Phi) is 9.28. The Labute approximate surface area is 281 Å². The molecule has 264 valence electrons. The van der Waals surface area contributed by atoms with Gasteiger partial charge < -0.3 is 43.7 Å². The molecule has 2 bridgehead atoms. The highest BCUT2D eigenvalue weighted by Gasteiger charge is 2.72. The molecule has 0 aromatic heterocycles. The number of nitrogens with zero attached hydrogens (tertiary/aromatic N) is 1. The number of methoxy groups -OCH3 is 1. The number of carbonyl (C=O) groups is 4. The third kappa shape index (κ3) is 6.46. The molecule has 2 N–H and O–H groups in total. The summed E-state index contributed by atoms with van der Waals surface area (Å²) in [5.74, 6) is -1.02. The van der Waals surface area contributed by atoms with Crippen LogP contribution in [0.1, 0.15) is 85.3 Å². The number of carbonyl (C=O) groups excluding carboxylic acids is 4. The number of alkyl carbamates (subject to hydrolysis) is 1. The summed E-state index contributed by atoms with van der Waals surface area (Å²) in [6, 6.07) is 2.51. The topological polar surface area (TPSA) is 159 Å². The molecular weight excluding hydrogens is 624 g/mol. The van der Waals surface area contributed by atoms with Gasteiger partial charge in [0, 0.05) is 24.4 Å². The smallest absolute Gasteiger partial charge is 0.408 e. The normalized spacial score (nSPS) is 26.9. The van der Waals surface area contributed by atoms with Crippen molar-refractivity contribution in [3.8, 4) is 11.5 Å². The minimum atomic E-state index is -1.30. The Morgan fingerprint density at radius 1 is 1.08 bits per heavy atom. The van der Waals surface area contributed by atoms with Crippen LogP contribution in [0.15, 0.2) is 24.0 Å². The van der Waals surface area contributed by atoms with Gasteiger partial charge in [0.1, 0.15) is 23.0 Å². The summed E-state index contributed by atoms with van der Waals surface area (Å²) in [6.07, 6.45) is -0.253. The van der Waals surface area contributed by atoms with Gasteiger partial charge in [-0.2, -0.15) is 0 Å². The van der Waals surface area contributed by atoms with Gasteiger partial charge in [0.05, 0.1) is 18.1 Å². The van der Waals surface area contributed by atoms with Crippen LogP contribution < -0.4 is 14.8 Å². The Morgan fingerprint density at radius 3 is 2.42 bits per heavy atom. The van der Waals surface area contributed by atoms with Crippen molar-refractivity contribution in [1.82, 2.24) is 10.2 Å². The van der Waals surface area contributed by atoms with Crippen molar-refractivity contribution in [1.29, 1.82) is 0 Å². The Morgan fingerprint density at radius 2 is 1.77 bits per heavy atom. The van der Waals surface area contributed by atoms with Gasteiger partial charge in [0.25, 0.3) is 0 Å². The lowest BCUT2D eigenvalue weighted by Gasteiger charge is -2.61. The average molecular weight is 673 g/mol. The predicted molar refractivity (Wildman–Crippen MR) is 171 cm³/mol. The van der Waals surface area contributed by atoms with Crippen molar-refractivity contribution in [3.63, 3.8) is 0 Å². The summed E-state index contributed by atoms with van der Waals surface area (Å²) in [5.41, 5.74) is -1.70. The van der Waals surface area contributed by atoms with Gasteiger partial charge in [-0.15, -0.1) is 0 Å². The molecule has 0 unspecified atom stereocenters. The molecule has 6 atom stereocenters. The molecule has 1 saturated heterocycles. The van der Waals surface area contributed by atoms with Crippen molar-refractivity contribution in [2.24, 2.45) is 0 Å². The number of nitrogens with one attached hydrogen (secondary N) is 1. The zero-order chi connectivity index (χ0) is 35.4. The van der Waals surface area contributed by atoms with E-state index in [0.29, 0.717) is 30.9 Å². The average Bonchev–Trinajstić information content (AvgIpc) is 3.32. The Bertz CT molecular complexity index is 1510. The molecule has 1 fully saturated rings. The number of likely N-dealkylation sites (tertiary alicyclic amines) is 1. The van der Waals surface area contributed by atoms with Crippen molar-refractivity contribution in [2.45, 2.75) is 127 Å². The Hall–Kier alpha value is -3.84. The molecule has 13 nitrogen and oxygen atoms in total. The third-order valence-corrected chi connectivity index (χ3v) is 9.44. The first kappa shape index (κ1) is 35.5. The molecule has 1 aromatic carbocycles. The molecule has 1 spiro atoms. The highest BCUT2D eigenvalue weighted by molar-refractivity contribution is 5.83. The van der Waals surface area contributed by atoms with Gasteiger partial charge in [-0.25, -0.2) is 14.4 Å². The van der Waals surface area contributed by atoms with Gasteiger partial charge >= 0.3 is 24.0 Å². The second-order valence-corrected chi connectivity index (χ2v) is 15.1. The van der Waals surface area contributed by atoms with Gasteiger partial charge in [-0.05, 0) is 99.0 Å². The quantitative estimate of drug-likeness (QED) is 0.291. The van der Waals surface area contributed by atoms with Crippen LogP contribution in [0.2, 0.25) is 0 Å². The molecule has 0 saturated carbocycles. The Balaban J connectivity index is 1.27. The zero-order valence-corrected chi connectivity index (χ0v) is 29.3. The number of benzene rings is 1. The van der Waals surface area contributed by atoms with E-state index < -0.39 is 64.5 Å². The van der Waals surface area contributed by atoms with E-state index in [1.165, 1.54) is 6.92 Å². The van der Waals surface area contributed by atoms with Crippen LogP contribution >= 0.6 is 0 Å². The summed E-state index contributed by atoms with van der Waals surface area (Å²) < 4.78 is 34.1. The largest absolute Gasteiger partial charge is 0.493 e. The van der Waals surface area contributed by atoms with Gasteiger partial charge in [-0.3, -0.25) is 4.79 Å². The second-order valence-electron chi connectivity index (χ2n) is 15.1. The number of aliphatic hydroxyl groups is 1. The van der Waals surface area contributed by atoms with Crippen LogP contribution in [-0.2, 0) is 45.2 Å². The van der Waals surface area contributed by atoms with Crippen molar-refractivity contribution >= 4 is 24.0 Å². The summed E-state index contributed by atoms with van der Waals surface area (Å²) in [7, 11) is 3.57. The number of hydrogen-bond donors (Lipinski definition) is 2. The summed E-state index contributed by atoms with van der Waals surface area (Å²) >= 11 is 0. The predicted octanol–water partition coefficient (Wildman–Crippen LogP) is 3.46. The van der Waals surface area contributed by atoms with Crippen molar-refractivity contribution < 1.29 is 52.7 Å². The highest BCUT2D eigenvalue weighted by atomic mass is 16.6. The van der Waals surface area contributed by atoms with E-state index in [1.807, 2.05) is 19.2 Å². The minimum Gasteiger partial charge on any atom is -0.493 e. The third-order valence-electron chi connectivity index (χ3n) is 9.44. The number of amides is 1. The SMILES string of the molecule is COc1ccc2c3c1O[C@H]1C(OC(=O)[C@H](C)OC(=O)CC[C@H](NC(=O)OC(C)(C)C)C(=O)OC(C)(C)C)=CC[C@@]4(O)[C@H](C2)N(C)CC[C@]314. The molecule has 2 aliphatic heterocycles. The van der Waals surface area contributed by atoms with Gasteiger partial charge in [0.2, 0.25) is 0 Å². The molecule has 1 amide bonds.